The molecule has 0 spiro atoms. The molecule has 0 saturated carbocycles. The maximum atomic E-state index is 14.4. The van der Waals surface area contributed by atoms with E-state index in [1.165, 1.54) is 13.0 Å². The van der Waals surface area contributed by atoms with Crippen molar-refractivity contribution in [3.05, 3.63) is 66.5 Å². The lowest BCUT2D eigenvalue weighted by molar-refractivity contribution is 0.122. The second kappa shape index (κ2) is 8.73. The van der Waals surface area contributed by atoms with Crippen molar-refractivity contribution in [1.29, 1.82) is 0 Å². The third-order valence-corrected chi connectivity index (χ3v) is 5.21. The number of aliphatic hydroxyl groups excluding tert-OH is 1. The van der Waals surface area contributed by atoms with Crippen molar-refractivity contribution in [3.8, 4) is 28.0 Å². The quantitative estimate of drug-likeness (QED) is 0.545. The van der Waals surface area contributed by atoms with Crippen LogP contribution < -0.4 is 10.2 Å². The number of hydrogen-bond acceptors (Lipinski definition) is 5. The summed E-state index contributed by atoms with van der Waals surface area (Å²) in [5, 5.41) is 23.0. The SMILES string of the molecule is CC(O)Nc1ccc(-c2cccc(-c3cccc(N4CCOCC4)c3)c2O)cc1F. The fourth-order valence-corrected chi connectivity index (χ4v) is 3.73. The van der Waals surface area contributed by atoms with Gasteiger partial charge >= 0.3 is 0 Å². The van der Waals surface area contributed by atoms with Gasteiger partial charge in [-0.2, -0.15) is 0 Å². The zero-order valence-electron chi connectivity index (χ0n) is 16.8. The molecule has 0 aliphatic carbocycles. The van der Waals surface area contributed by atoms with Crippen molar-refractivity contribution in [2.45, 2.75) is 13.2 Å². The van der Waals surface area contributed by atoms with E-state index in [0.29, 0.717) is 29.9 Å². The highest BCUT2D eigenvalue weighted by molar-refractivity contribution is 5.83. The lowest BCUT2D eigenvalue weighted by Crippen LogP contribution is -2.36. The van der Waals surface area contributed by atoms with E-state index in [1.54, 1.807) is 18.2 Å². The lowest BCUT2D eigenvalue weighted by atomic mass is 9.96. The van der Waals surface area contributed by atoms with Gasteiger partial charge in [0.15, 0.2) is 0 Å². The standard InChI is InChI=1S/C24H25FN2O3/c1-16(28)26-23-9-8-18(15-22(23)25)21-7-3-6-20(24(21)29)17-4-2-5-19(14-17)27-10-12-30-13-11-27/h2-9,14-16,26,28-29H,10-13H2,1H3. The minimum atomic E-state index is -0.860. The number of ether oxygens (including phenoxy) is 1. The predicted octanol–water partition coefficient (Wildman–Crippen LogP) is 4.45. The van der Waals surface area contributed by atoms with Crippen LogP contribution in [-0.2, 0) is 4.74 Å². The van der Waals surface area contributed by atoms with E-state index in [2.05, 4.69) is 22.3 Å². The minimum Gasteiger partial charge on any atom is -0.507 e. The third kappa shape index (κ3) is 4.25. The van der Waals surface area contributed by atoms with Crippen LogP contribution in [0.4, 0.5) is 15.8 Å². The van der Waals surface area contributed by atoms with Gasteiger partial charge in [-0.3, -0.25) is 0 Å². The van der Waals surface area contributed by atoms with Crippen LogP contribution in [-0.4, -0.2) is 42.7 Å². The monoisotopic (exact) mass is 408 g/mol. The molecular formula is C24H25FN2O3. The highest BCUT2D eigenvalue weighted by atomic mass is 19.1. The summed E-state index contributed by atoms with van der Waals surface area (Å²) in [5.41, 5.74) is 3.99. The molecule has 0 bridgehead atoms. The molecule has 4 rings (SSSR count). The largest absolute Gasteiger partial charge is 0.507 e. The average Bonchev–Trinajstić information content (AvgIpc) is 2.76. The predicted molar refractivity (Wildman–Crippen MR) is 117 cm³/mol. The number of anilines is 2. The number of halogens is 1. The van der Waals surface area contributed by atoms with Gasteiger partial charge in [0.2, 0.25) is 0 Å². The average molecular weight is 408 g/mol. The summed E-state index contributed by atoms with van der Waals surface area (Å²) in [7, 11) is 0. The Morgan fingerprint density at radius 1 is 0.967 bits per heavy atom. The number of phenolic OH excluding ortho intramolecular Hbond substituents is 1. The number of hydrogen-bond donors (Lipinski definition) is 3. The maximum Gasteiger partial charge on any atom is 0.146 e. The molecule has 1 atom stereocenters. The Labute approximate surface area is 175 Å². The molecule has 1 heterocycles. The summed E-state index contributed by atoms with van der Waals surface area (Å²) in [4.78, 5) is 2.26. The van der Waals surface area contributed by atoms with E-state index in [1.807, 2.05) is 24.3 Å². The molecule has 0 amide bonds. The summed E-state index contributed by atoms with van der Waals surface area (Å²) >= 11 is 0. The number of morpholine rings is 1. The van der Waals surface area contributed by atoms with Crippen molar-refractivity contribution < 1.29 is 19.3 Å². The fraction of sp³-hybridized carbons (Fsp3) is 0.250. The van der Waals surface area contributed by atoms with Crippen LogP contribution in [0.2, 0.25) is 0 Å². The number of rotatable bonds is 5. The van der Waals surface area contributed by atoms with Crippen molar-refractivity contribution in [2.24, 2.45) is 0 Å². The van der Waals surface area contributed by atoms with Crippen molar-refractivity contribution >= 4 is 11.4 Å². The Morgan fingerprint density at radius 3 is 2.30 bits per heavy atom. The van der Waals surface area contributed by atoms with E-state index in [4.69, 9.17) is 4.74 Å². The van der Waals surface area contributed by atoms with E-state index in [9.17, 15) is 14.6 Å². The first-order chi connectivity index (χ1) is 14.5. The van der Waals surface area contributed by atoms with Gasteiger partial charge in [-0.1, -0.05) is 36.4 Å². The fourth-order valence-electron chi connectivity index (χ4n) is 3.73. The van der Waals surface area contributed by atoms with Crippen LogP contribution in [0.3, 0.4) is 0 Å². The molecule has 0 radical (unpaired) electrons. The number of benzene rings is 3. The molecule has 1 saturated heterocycles. The maximum absolute atomic E-state index is 14.4. The summed E-state index contributed by atoms with van der Waals surface area (Å²) in [6.07, 6.45) is -0.860. The van der Waals surface area contributed by atoms with E-state index in [0.717, 1.165) is 24.3 Å². The second-order valence-electron chi connectivity index (χ2n) is 7.37. The topological polar surface area (TPSA) is 65.0 Å². The molecule has 1 fully saturated rings. The van der Waals surface area contributed by atoms with Gasteiger partial charge in [0.05, 0.1) is 18.9 Å². The first kappa shape index (κ1) is 20.2. The molecule has 1 unspecified atom stereocenters. The van der Waals surface area contributed by atoms with Crippen LogP contribution >= 0.6 is 0 Å². The summed E-state index contributed by atoms with van der Waals surface area (Å²) in [6, 6.07) is 18.2. The number of aromatic hydroxyl groups is 1. The number of aliphatic hydroxyl groups is 1. The van der Waals surface area contributed by atoms with Gasteiger partial charge < -0.3 is 25.2 Å². The normalized spacial score (nSPS) is 15.1. The van der Waals surface area contributed by atoms with Crippen LogP contribution in [0.5, 0.6) is 5.75 Å². The Hall–Kier alpha value is -3.09. The summed E-state index contributed by atoms with van der Waals surface area (Å²) < 4.78 is 19.9. The Bertz CT molecular complexity index is 1030. The highest BCUT2D eigenvalue weighted by Gasteiger charge is 2.15. The number of phenols is 1. The summed E-state index contributed by atoms with van der Waals surface area (Å²) in [5.74, 6) is -0.389. The smallest absolute Gasteiger partial charge is 0.146 e. The Morgan fingerprint density at radius 2 is 1.63 bits per heavy atom. The van der Waals surface area contributed by atoms with Gasteiger partial charge in [-0.25, -0.2) is 4.39 Å². The first-order valence-electron chi connectivity index (χ1n) is 10.0. The van der Waals surface area contributed by atoms with Crippen molar-refractivity contribution in [1.82, 2.24) is 0 Å². The molecule has 1 aliphatic heterocycles. The van der Waals surface area contributed by atoms with Crippen molar-refractivity contribution in [2.75, 3.05) is 36.5 Å². The van der Waals surface area contributed by atoms with Gasteiger partial charge in [0.25, 0.3) is 0 Å². The van der Waals surface area contributed by atoms with Gasteiger partial charge in [0.1, 0.15) is 17.8 Å². The van der Waals surface area contributed by atoms with E-state index >= 15 is 0 Å². The summed E-state index contributed by atoms with van der Waals surface area (Å²) in [6.45, 7) is 4.60. The Balaban J connectivity index is 1.68. The Kier molecular flexibility index (Phi) is 5.88. The molecule has 1 aliphatic rings. The second-order valence-corrected chi connectivity index (χ2v) is 7.37. The molecule has 5 nitrogen and oxygen atoms in total. The molecule has 3 aromatic carbocycles. The number of nitrogens with zero attached hydrogens (tertiary/aromatic N) is 1. The first-order valence-corrected chi connectivity index (χ1v) is 10.0. The van der Waals surface area contributed by atoms with Crippen LogP contribution in [0.1, 0.15) is 6.92 Å². The van der Waals surface area contributed by atoms with Crippen LogP contribution in [0.25, 0.3) is 22.3 Å². The minimum absolute atomic E-state index is 0.104. The zero-order valence-corrected chi connectivity index (χ0v) is 16.8. The van der Waals surface area contributed by atoms with Gasteiger partial charge in [-0.05, 0) is 42.3 Å². The van der Waals surface area contributed by atoms with Crippen molar-refractivity contribution in [3.63, 3.8) is 0 Å². The van der Waals surface area contributed by atoms with Gasteiger partial charge in [-0.15, -0.1) is 0 Å². The zero-order chi connectivity index (χ0) is 21.1. The number of nitrogens with one attached hydrogen (secondary N) is 1. The van der Waals surface area contributed by atoms with E-state index in [-0.39, 0.29) is 11.4 Å². The molecule has 3 N–H and O–H groups in total. The molecule has 0 aromatic heterocycles. The molecule has 6 heteroatoms. The molecule has 3 aromatic rings. The van der Waals surface area contributed by atoms with Crippen LogP contribution in [0, 0.1) is 5.82 Å². The molecular weight excluding hydrogens is 383 g/mol. The van der Waals surface area contributed by atoms with Gasteiger partial charge in [0, 0.05) is 29.9 Å². The number of para-hydroxylation sites is 1. The molecule has 30 heavy (non-hydrogen) atoms. The molecule has 156 valence electrons. The van der Waals surface area contributed by atoms with Crippen LogP contribution in [0.15, 0.2) is 60.7 Å². The lowest BCUT2D eigenvalue weighted by Gasteiger charge is -2.29. The van der Waals surface area contributed by atoms with E-state index < -0.39 is 12.0 Å². The highest BCUT2D eigenvalue weighted by Crippen LogP contribution is 2.39. The third-order valence-electron chi connectivity index (χ3n) is 5.21.